The van der Waals surface area contributed by atoms with Crippen LogP contribution in [-0.4, -0.2) is 13.1 Å². The molecule has 0 fully saturated rings. The summed E-state index contributed by atoms with van der Waals surface area (Å²) in [6.07, 6.45) is 27.2. The second-order valence-electron chi connectivity index (χ2n) is 7.86. The van der Waals surface area contributed by atoms with Crippen molar-refractivity contribution in [3.63, 3.8) is 0 Å². The maximum absolute atomic E-state index is 11.3. The zero-order chi connectivity index (χ0) is 19.3. The third-order valence-corrected chi connectivity index (χ3v) is 5.25. The molecule has 154 valence electrons. The lowest BCUT2D eigenvalue weighted by Crippen LogP contribution is -2.12. The molecule has 0 bridgehead atoms. The molecule has 0 aliphatic rings. The topological polar surface area (TPSA) is 26.3 Å². The van der Waals surface area contributed by atoms with Crippen LogP contribution in [0.1, 0.15) is 123 Å². The second kappa shape index (κ2) is 20.5. The van der Waals surface area contributed by atoms with Gasteiger partial charge in [0.1, 0.15) is 0 Å². The van der Waals surface area contributed by atoms with Gasteiger partial charge in [0.25, 0.3) is 0 Å². The average molecular weight is 367 g/mol. The molecule has 26 heavy (non-hydrogen) atoms. The molecule has 1 atom stereocenters. The van der Waals surface area contributed by atoms with Crippen LogP contribution in [0.2, 0.25) is 0 Å². The van der Waals surface area contributed by atoms with Crippen LogP contribution in [0.15, 0.2) is 12.2 Å². The van der Waals surface area contributed by atoms with Gasteiger partial charge in [-0.3, -0.25) is 4.79 Å². The summed E-state index contributed by atoms with van der Waals surface area (Å²) in [5.41, 5.74) is 0. The Morgan fingerprint density at radius 3 is 1.62 bits per heavy atom. The largest absolute Gasteiger partial charge is 0.469 e. The Balaban J connectivity index is 3.17. The van der Waals surface area contributed by atoms with Crippen LogP contribution in [0.25, 0.3) is 0 Å². The van der Waals surface area contributed by atoms with Crippen LogP contribution >= 0.6 is 0 Å². The van der Waals surface area contributed by atoms with E-state index in [1.165, 1.54) is 103 Å². The summed E-state index contributed by atoms with van der Waals surface area (Å²) in [5.74, 6) is 0.000126. The molecule has 2 heteroatoms. The Labute approximate surface area is 164 Å². The van der Waals surface area contributed by atoms with E-state index < -0.39 is 0 Å². The van der Waals surface area contributed by atoms with Crippen molar-refractivity contribution < 1.29 is 9.53 Å². The number of esters is 1. The number of hydrogen-bond acceptors (Lipinski definition) is 2. The van der Waals surface area contributed by atoms with Gasteiger partial charge in [0.2, 0.25) is 0 Å². The molecule has 0 saturated heterocycles. The van der Waals surface area contributed by atoms with Crippen molar-refractivity contribution in [2.45, 2.75) is 123 Å². The molecular weight excluding hydrogens is 320 g/mol. The first-order chi connectivity index (χ1) is 12.7. The lowest BCUT2D eigenvalue weighted by molar-refractivity contribution is -0.145. The normalized spacial score (nSPS) is 12.6. The van der Waals surface area contributed by atoms with Crippen molar-refractivity contribution in [2.24, 2.45) is 5.92 Å². The van der Waals surface area contributed by atoms with Crippen molar-refractivity contribution in [1.82, 2.24) is 0 Å². The quantitative estimate of drug-likeness (QED) is 0.131. The van der Waals surface area contributed by atoms with Gasteiger partial charge in [-0.2, -0.15) is 0 Å². The Hall–Kier alpha value is -0.790. The van der Waals surface area contributed by atoms with Gasteiger partial charge in [0.15, 0.2) is 0 Å². The van der Waals surface area contributed by atoms with Gasteiger partial charge in [-0.25, -0.2) is 0 Å². The first-order valence-corrected chi connectivity index (χ1v) is 11.4. The van der Waals surface area contributed by atoms with E-state index in [2.05, 4.69) is 19.1 Å². The average Bonchev–Trinajstić information content (AvgIpc) is 2.66. The van der Waals surface area contributed by atoms with Crippen molar-refractivity contribution in [1.29, 1.82) is 0 Å². The molecule has 0 spiro atoms. The molecule has 1 unspecified atom stereocenters. The number of rotatable bonds is 19. The molecule has 0 heterocycles. The Bertz CT molecular complexity index is 322. The van der Waals surface area contributed by atoms with Gasteiger partial charge in [-0.15, -0.1) is 0 Å². The Kier molecular flexibility index (Phi) is 19.9. The number of unbranched alkanes of at least 4 members (excludes halogenated alkanes) is 14. The summed E-state index contributed by atoms with van der Waals surface area (Å²) in [5, 5.41) is 0. The first kappa shape index (κ1) is 25.2. The molecule has 0 rings (SSSR count). The molecule has 0 saturated carbocycles. The molecule has 0 aromatic rings. The number of allylic oxidation sites excluding steroid dienone is 2. The minimum Gasteiger partial charge on any atom is -0.469 e. The van der Waals surface area contributed by atoms with Crippen molar-refractivity contribution >= 4 is 5.97 Å². The second-order valence-corrected chi connectivity index (χ2v) is 7.86. The predicted molar refractivity (Wildman–Crippen MR) is 114 cm³/mol. The lowest BCUT2D eigenvalue weighted by Gasteiger charge is -2.08. The van der Waals surface area contributed by atoms with Crippen LogP contribution in [0.4, 0.5) is 0 Å². The van der Waals surface area contributed by atoms with Crippen molar-refractivity contribution in [3.8, 4) is 0 Å². The number of ether oxygens (including phenoxy) is 1. The SMILES string of the molecule is CCCCCCCC/C=C\CCCCCCCCCCC(C)C(=O)OC. The van der Waals surface area contributed by atoms with E-state index in [1.807, 2.05) is 6.92 Å². The molecule has 0 N–H and O–H groups in total. The van der Waals surface area contributed by atoms with Gasteiger partial charge < -0.3 is 4.74 Å². The van der Waals surface area contributed by atoms with E-state index in [-0.39, 0.29) is 11.9 Å². The lowest BCUT2D eigenvalue weighted by atomic mass is 10.0. The highest BCUT2D eigenvalue weighted by molar-refractivity contribution is 5.71. The van der Waals surface area contributed by atoms with Crippen LogP contribution in [0.3, 0.4) is 0 Å². The van der Waals surface area contributed by atoms with Gasteiger partial charge in [-0.1, -0.05) is 103 Å². The highest BCUT2D eigenvalue weighted by Gasteiger charge is 2.11. The summed E-state index contributed by atoms with van der Waals surface area (Å²) in [6.45, 7) is 4.24. The van der Waals surface area contributed by atoms with E-state index in [9.17, 15) is 4.79 Å². The van der Waals surface area contributed by atoms with Gasteiger partial charge in [-0.05, 0) is 32.1 Å². The van der Waals surface area contributed by atoms with E-state index in [4.69, 9.17) is 4.74 Å². The monoisotopic (exact) mass is 366 g/mol. The van der Waals surface area contributed by atoms with Gasteiger partial charge >= 0.3 is 5.97 Å². The standard InChI is InChI=1S/C24H46O2/c1-4-5-6-7-8-9-10-11-12-13-14-15-16-17-18-19-20-21-22-23(2)24(25)26-3/h11-12,23H,4-10,13-22H2,1-3H3/b12-11-. The highest BCUT2D eigenvalue weighted by Crippen LogP contribution is 2.14. The Morgan fingerprint density at radius 2 is 1.15 bits per heavy atom. The molecule has 0 aliphatic carbocycles. The molecule has 0 radical (unpaired) electrons. The molecule has 0 aromatic carbocycles. The maximum Gasteiger partial charge on any atom is 0.308 e. The molecular formula is C24H46O2. The molecule has 0 aromatic heterocycles. The number of carbonyl (C=O) groups is 1. The van der Waals surface area contributed by atoms with Crippen LogP contribution in [-0.2, 0) is 9.53 Å². The van der Waals surface area contributed by atoms with Crippen LogP contribution in [0, 0.1) is 5.92 Å². The fraction of sp³-hybridized carbons (Fsp3) is 0.875. The highest BCUT2D eigenvalue weighted by atomic mass is 16.5. The third kappa shape index (κ3) is 18.0. The third-order valence-electron chi connectivity index (χ3n) is 5.25. The smallest absolute Gasteiger partial charge is 0.308 e. The molecule has 2 nitrogen and oxygen atoms in total. The van der Waals surface area contributed by atoms with Crippen molar-refractivity contribution in [2.75, 3.05) is 7.11 Å². The fourth-order valence-electron chi connectivity index (χ4n) is 3.37. The number of hydrogen-bond donors (Lipinski definition) is 0. The minimum atomic E-state index is -0.0639. The first-order valence-electron chi connectivity index (χ1n) is 11.4. The molecule has 0 amide bonds. The van der Waals surface area contributed by atoms with E-state index in [1.54, 1.807) is 0 Å². The van der Waals surface area contributed by atoms with Crippen LogP contribution < -0.4 is 0 Å². The summed E-state index contributed by atoms with van der Waals surface area (Å²) in [6, 6.07) is 0. The summed E-state index contributed by atoms with van der Waals surface area (Å²) < 4.78 is 4.76. The number of methoxy groups -OCH3 is 1. The predicted octanol–water partition coefficient (Wildman–Crippen LogP) is 8.00. The zero-order valence-electron chi connectivity index (χ0n) is 18.1. The number of carbonyl (C=O) groups excluding carboxylic acids is 1. The van der Waals surface area contributed by atoms with Crippen molar-refractivity contribution in [3.05, 3.63) is 12.2 Å². The maximum atomic E-state index is 11.3. The van der Waals surface area contributed by atoms with Gasteiger partial charge in [0, 0.05) is 0 Å². The zero-order valence-corrected chi connectivity index (χ0v) is 18.1. The fourth-order valence-corrected chi connectivity index (χ4v) is 3.37. The Morgan fingerprint density at radius 1 is 0.731 bits per heavy atom. The summed E-state index contributed by atoms with van der Waals surface area (Å²) in [4.78, 5) is 11.3. The van der Waals surface area contributed by atoms with Gasteiger partial charge in [0.05, 0.1) is 13.0 Å². The van der Waals surface area contributed by atoms with E-state index in [0.717, 1.165) is 12.8 Å². The molecule has 0 aliphatic heterocycles. The van der Waals surface area contributed by atoms with E-state index in [0.29, 0.717) is 0 Å². The van der Waals surface area contributed by atoms with Crippen LogP contribution in [0.5, 0.6) is 0 Å². The summed E-state index contributed by atoms with van der Waals surface area (Å²) in [7, 11) is 1.48. The van der Waals surface area contributed by atoms with E-state index >= 15 is 0 Å². The summed E-state index contributed by atoms with van der Waals surface area (Å²) >= 11 is 0. The minimum absolute atomic E-state index is 0.0639.